The lowest BCUT2D eigenvalue weighted by Gasteiger charge is -2.23. The molecule has 2 heterocycles. The molecule has 0 spiro atoms. The monoisotopic (exact) mass is 178 g/mol. The maximum atomic E-state index is 4.28. The summed E-state index contributed by atoms with van der Waals surface area (Å²) in [5, 5.41) is 11.8. The fourth-order valence-corrected chi connectivity index (χ4v) is 2.04. The zero-order valence-corrected chi connectivity index (χ0v) is 7.82. The molecule has 0 bridgehead atoms. The summed E-state index contributed by atoms with van der Waals surface area (Å²) in [5.74, 6) is 3.05. The molecular weight excluding hydrogens is 164 g/mol. The van der Waals surface area contributed by atoms with Gasteiger partial charge in [-0.3, -0.25) is 0 Å². The first-order valence-corrected chi connectivity index (χ1v) is 5.00. The van der Waals surface area contributed by atoms with Crippen LogP contribution in [0.2, 0.25) is 0 Å². The Bertz CT molecular complexity index is 326. The molecule has 70 valence electrons. The molecule has 13 heavy (non-hydrogen) atoms. The van der Waals surface area contributed by atoms with Crippen LogP contribution in [0.5, 0.6) is 0 Å². The fourth-order valence-electron chi connectivity index (χ4n) is 2.04. The fraction of sp³-hybridized carbons (Fsp3) is 0.778. The molecule has 3 rings (SSSR count). The van der Waals surface area contributed by atoms with Crippen molar-refractivity contribution in [3.8, 4) is 0 Å². The number of rotatable bonds is 1. The first-order chi connectivity index (χ1) is 6.36. The Morgan fingerprint density at radius 3 is 3.00 bits per heavy atom. The van der Waals surface area contributed by atoms with E-state index in [4.69, 9.17) is 0 Å². The Morgan fingerprint density at radius 2 is 2.23 bits per heavy atom. The smallest absolute Gasteiger partial charge is 0.147 e. The SMILES string of the molecule is CC1CNCc2nnc(C3CC3)n21. The minimum atomic E-state index is 0.523. The van der Waals surface area contributed by atoms with E-state index in [0.29, 0.717) is 12.0 Å². The highest BCUT2D eigenvalue weighted by Gasteiger charge is 2.32. The Balaban J connectivity index is 2.06. The van der Waals surface area contributed by atoms with Crippen molar-refractivity contribution in [1.82, 2.24) is 20.1 Å². The van der Waals surface area contributed by atoms with Gasteiger partial charge in [-0.15, -0.1) is 10.2 Å². The maximum absolute atomic E-state index is 4.28. The topological polar surface area (TPSA) is 42.7 Å². The Kier molecular flexibility index (Phi) is 1.47. The van der Waals surface area contributed by atoms with Gasteiger partial charge in [0.1, 0.15) is 11.6 Å². The van der Waals surface area contributed by atoms with Crippen LogP contribution in [0.4, 0.5) is 0 Å². The standard InChI is InChI=1S/C9H14N4/c1-6-4-10-5-8-11-12-9(13(6)8)7-2-3-7/h6-7,10H,2-5H2,1H3. The second-order valence-electron chi connectivity index (χ2n) is 4.10. The summed E-state index contributed by atoms with van der Waals surface area (Å²) in [7, 11) is 0. The number of fused-ring (bicyclic) bond motifs is 1. The van der Waals surface area contributed by atoms with Gasteiger partial charge in [-0.1, -0.05) is 0 Å². The molecule has 4 nitrogen and oxygen atoms in total. The zero-order valence-electron chi connectivity index (χ0n) is 7.82. The second-order valence-corrected chi connectivity index (χ2v) is 4.10. The first kappa shape index (κ1) is 7.50. The predicted octanol–water partition coefficient (Wildman–Crippen LogP) is 0.820. The van der Waals surface area contributed by atoms with E-state index in [9.17, 15) is 0 Å². The molecular formula is C9H14N4. The third kappa shape index (κ3) is 1.09. The average Bonchev–Trinajstić information content (AvgIpc) is 2.87. The van der Waals surface area contributed by atoms with Crippen LogP contribution in [0.15, 0.2) is 0 Å². The van der Waals surface area contributed by atoms with Crippen molar-refractivity contribution in [3.63, 3.8) is 0 Å². The lowest BCUT2D eigenvalue weighted by Crippen LogP contribution is -2.32. The van der Waals surface area contributed by atoms with Crippen LogP contribution in [0.1, 0.15) is 43.4 Å². The van der Waals surface area contributed by atoms with E-state index in [1.807, 2.05) is 0 Å². The molecule has 1 saturated carbocycles. The molecule has 1 N–H and O–H groups in total. The summed E-state index contributed by atoms with van der Waals surface area (Å²) in [6, 6.07) is 0.523. The van der Waals surface area contributed by atoms with E-state index >= 15 is 0 Å². The van der Waals surface area contributed by atoms with Crippen molar-refractivity contribution in [2.75, 3.05) is 6.54 Å². The number of hydrogen-bond donors (Lipinski definition) is 1. The van der Waals surface area contributed by atoms with E-state index in [2.05, 4.69) is 27.0 Å². The van der Waals surface area contributed by atoms with E-state index in [0.717, 1.165) is 18.9 Å². The summed E-state index contributed by atoms with van der Waals surface area (Å²) < 4.78 is 2.33. The zero-order chi connectivity index (χ0) is 8.84. The highest BCUT2D eigenvalue weighted by molar-refractivity contribution is 5.11. The van der Waals surface area contributed by atoms with Gasteiger partial charge in [0.25, 0.3) is 0 Å². The molecule has 0 saturated heterocycles. The van der Waals surface area contributed by atoms with Crippen LogP contribution < -0.4 is 5.32 Å². The molecule has 1 fully saturated rings. The largest absolute Gasteiger partial charge is 0.310 e. The van der Waals surface area contributed by atoms with Gasteiger partial charge in [-0.2, -0.15) is 0 Å². The number of nitrogens with one attached hydrogen (secondary N) is 1. The van der Waals surface area contributed by atoms with Crippen LogP contribution in [-0.4, -0.2) is 21.3 Å². The minimum Gasteiger partial charge on any atom is -0.310 e. The summed E-state index contributed by atoms with van der Waals surface area (Å²) >= 11 is 0. The number of hydrogen-bond acceptors (Lipinski definition) is 3. The van der Waals surface area contributed by atoms with Crippen LogP contribution in [0, 0.1) is 0 Å². The number of nitrogens with zero attached hydrogens (tertiary/aromatic N) is 3. The molecule has 0 aromatic carbocycles. The van der Waals surface area contributed by atoms with Gasteiger partial charge in [0.05, 0.1) is 6.54 Å². The Hall–Kier alpha value is -0.900. The van der Waals surface area contributed by atoms with Crippen molar-refractivity contribution in [1.29, 1.82) is 0 Å². The van der Waals surface area contributed by atoms with Gasteiger partial charge in [-0.05, 0) is 19.8 Å². The molecule has 2 aliphatic rings. The summed E-state index contributed by atoms with van der Waals surface area (Å²) in [6.45, 7) is 4.15. The molecule has 1 atom stereocenters. The Morgan fingerprint density at radius 1 is 1.38 bits per heavy atom. The van der Waals surface area contributed by atoms with Gasteiger partial charge in [0, 0.05) is 18.5 Å². The number of aromatic nitrogens is 3. The van der Waals surface area contributed by atoms with Gasteiger partial charge in [0.15, 0.2) is 0 Å². The lowest BCUT2D eigenvalue weighted by molar-refractivity contribution is 0.411. The van der Waals surface area contributed by atoms with Crippen LogP contribution in [-0.2, 0) is 6.54 Å². The van der Waals surface area contributed by atoms with Crippen molar-refractivity contribution in [2.24, 2.45) is 0 Å². The maximum Gasteiger partial charge on any atom is 0.147 e. The molecule has 1 aliphatic heterocycles. The quantitative estimate of drug-likeness (QED) is 0.692. The highest BCUT2D eigenvalue weighted by atomic mass is 15.3. The van der Waals surface area contributed by atoms with Crippen molar-refractivity contribution < 1.29 is 0 Å². The van der Waals surface area contributed by atoms with E-state index in [1.54, 1.807) is 0 Å². The van der Waals surface area contributed by atoms with Gasteiger partial charge in [-0.25, -0.2) is 0 Å². The van der Waals surface area contributed by atoms with E-state index in [-0.39, 0.29) is 0 Å². The molecule has 4 heteroatoms. The highest BCUT2D eigenvalue weighted by Crippen LogP contribution is 2.40. The van der Waals surface area contributed by atoms with E-state index in [1.165, 1.54) is 18.7 Å². The summed E-state index contributed by atoms with van der Waals surface area (Å²) in [5.41, 5.74) is 0. The third-order valence-electron chi connectivity index (χ3n) is 2.90. The van der Waals surface area contributed by atoms with Crippen molar-refractivity contribution in [3.05, 3.63) is 11.6 Å². The molecule has 1 unspecified atom stereocenters. The van der Waals surface area contributed by atoms with Crippen LogP contribution in [0.3, 0.4) is 0 Å². The van der Waals surface area contributed by atoms with Crippen molar-refractivity contribution >= 4 is 0 Å². The summed E-state index contributed by atoms with van der Waals surface area (Å²) in [4.78, 5) is 0. The normalized spacial score (nSPS) is 27.3. The second kappa shape index (κ2) is 2.54. The molecule has 1 aromatic heterocycles. The van der Waals surface area contributed by atoms with Gasteiger partial charge >= 0.3 is 0 Å². The molecule has 1 aromatic rings. The van der Waals surface area contributed by atoms with E-state index < -0.39 is 0 Å². The summed E-state index contributed by atoms with van der Waals surface area (Å²) in [6.07, 6.45) is 2.61. The lowest BCUT2D eigenvalue weighted by atomic mass is 10.2. The van der Waals surface area contributed by atoms with Gasteiger partial charge < -0.3 is 9.88 Å². The molecule has 0 amide bonds. The third-order valence-corrected chi connectivity index (χ3v) is 2.90. The predicted molar refractivity (Wildman–Crippen MR) is 48.4 cm³/mol. The van der Waals surface area contributed by atoms with Crippen LogP contribution >= 0.6 is 0 Å². The molecule has 1 aliphatic carbocycles. The minimum absolute atomic E-state index is 0.523. The average molecular weight is 178 g/mol. The Labute approximate surface area is 77.4 Å². The van der Waals surface area contributed by atoms with Gasteiger partial charge in [0.2, 0.25) is 0 Å². The van der Waals surface area contributed by atoms with Crippen molar-refractivity contribution in [2.45, 2.75) is 38.3 Å². The van der Waals surface area contributed by atoms with Crippen LogP contribution in [0.25, 0.3) is 0 Å². The first-order valence-electron chi connectivity index (χ1n) is 5.00. The molecule has 0 radical (unpaired) electrons.